The summed E-state index contributed by atoms with van der Waals surface area (Å²) in [5.74, 6) is 1.40. The number of ether oxygens (including phenoxy) is 2. The summed E-state index contributed by atoms with van der Waals surface area (Å²) in [6.45, 7) is 4.03. The van der Waals surface area contributed by atoms with Crippen molar-refractivity contribution in [3.63, 3.8) is 0 Å². The monoisotopic (exact) mass is 469 g/mol. The number of halogens is 1. The predicted molar refractivity (Wildman–Crippen MR) is 129 cm³/mol. The van der Waals surface area contributed by atoms with Crippen molar-refractivity contribution in [2.45, 2.75) is 5.92 Å². The van der Waals surface area contributed by atoms with Gasteiger partial charge in [-0.25, -0.2) is 14.4 Å². The van der Waals surface area contributed by atoms with Gasteiger partial charge in [0, 0.05) is 41.3 Å². The Balaban J connectivity index is 1.63. The Hall–Kier alpha value is -3.89. The second kappa shape index (κ2) is 7.06. The number of pyridine rings is 2. The minimum Gasteiger partial charge on any atom is -0.380 e. The van der Waals surface area contributed by atoms with Crippen LogP contribution >= 0.6 is 0 Å². The summed E-state index contributed by atoms with van der Waals surface area (Å²) in [4.78, 5) is 16.4. The number of morpholine rings is 1. The van der Waals surface area contributed by atoms with Crippen LogP contribution in [0.25, 0.3) is 49.6 Å². The van der Waals surface area contributed by atoms with E-state index < -0.39 is 0 Å². The van der Waals surface area contributed by atoms with E-state index in [1.54, 1.807) is 6.20 Å². The van der Waals surface area contributed by atoms with Crippen LogP contribution in [0.4, 0.5) is 10.1 Å². The minimum atomic E-state index is -0.329. The average Bonchev–Trinajstić information content (AvgIpc) is 3.52. The molecule has 0 amide bonds. The molecule has 0 unspecified atom stereocenters. The fourth-order valence-electron chi connectivity index (χ4n) is 5.60. The topological polar surface area (TPSA) is 93.5 Å². The number of fused-ring (bicyclic) bond motifs is 2. The summed E-state index contributed by atoms with van der Waals surface area (Å²) in [5.41, 5.74) is 5.04. The van der Waals surface area contributed by atoms with Crippen LogP contribution in [0.2, 0.25) is 0 Å². The number of imidazole rings is 1. The van der Waals surface area contributed by atoms with Crippen LogP contribution in [0.1, 0.15) is 11.7 Å². The third-order valence-electron chi connectivity index (χ3n) is 7.29. The van der Waals surface area contributed by atoms with Gasteiger partial charge in [-0.1, -0.05) is 6.07 Å². The van der Waals surface area contributed by atoms with Gasteiger partial charge in [-0.3, -0.25) is 14.5 Å². The highest BCUT2D eigenvalue weighted by Crippen LogP contribution is 2.45. The summed E-state index contributed by atoms with van der Waals surface area (Å²) in [7, 11) is 0. The van der Waals surface area contributed by atoms with Crippen LogP contribution in [0.15, 0.2) is 36.8 Å². The lowest BCUT2D eigenvalue weighted by Crippen LogP contribution is -2.36. The van der Waals surface area contributed by atoms with Crippen molar-refractivity contribution in [3.8, 4) is 11.4 Å². The Morgan fingerprint density at radius 3 is 2.66 bits per heavy atom. The Morgan fingerprint density at radius 1 is 1.00 bits per heavy atom. The molecule has 1 N–H and O–H groups in total. The molecule has 0 saturated carbocycles. The van der Waals surface area contributed by atoms with Crippen molar-refractivity contribution in [2.24, 2.45) is 0 Å². The molecular weight excluding hydrogens is 449 g/mol. The molecule has 8 rings (SSSR count). The quantitative estimate of drug-likeness (QED) is 0.313. The van der Waals surface area contributed by atoms with Gasteiger partial charge in [0.25, 0.3) is 0 Å². The van der Waals surface area contributed by atoms with Crippen molar-refractivity contribution in [2.75, 3.05) is 44.4 Å². The van der Waals surface area contributed by atoms with Gasteiger partial charge in [-0.15, -0.1) is 0 Å². The zero-order chi connectivity index (χ0) is 23.1. The van der Waals surface area contributed by atoms with E-state index in [-0.39, 0.29) is 11.7 Å². The summed E-state index contributed by atoms with van der Waals surface area (Å²) >= 11 is 0. The molecule has 0 radical (unpaired) electrons. The normalized spacial score (nSPS) is 17.3. The number of aromatic amines is 1. The average molecular weight is 469 g/mol. The van der Waals surface area contributed by atoms with Crippen LogP contribution in [0.3, 0.4) is 0 Å². The fraction of sp³-hybridized carbons (Fsp3) is 0.280. The first kappa shape index (κ1) is 19.4. The second-order valence-corrected chi connectivity index (χ2v) is 9.14. The number of H-pyrrole nitrogens is 1. The maximum atomic E-state index is 15.0. The molecule has 2 aliphatic rings. The lowest BCUT2D eigenvalue weighted by molar-refractivity contribution is 0.00486. The molecule has 6 heterocycles. The number of benzene rings is 2. The lowest BCUT2D eigenvalue weighted by Gasteiger charge is -2.31. The van der Waals surface area contributed by atoms with Gasteiger partial charge in [0.05, 0.1) is 43.4 Å². The minimum absolute atomic E-state index is 0.156. The molecule has 35 heavy (non-hydrogen) atoms. The van der Waals surface area contributed by atoms with Crippen molar-refractivity contribution < 1.29 is 13.9 Å². The van der Waals surface area contributed by atoms with Gasteiger partial charge in [0.2, 0.25) is 0 Å². The Morgan fingerprint density at radius 2 is 1.89 bits per heavy atom. The largest absolute Gasteiger partial charge is 0.380 e. The first-order chi connectivity index (χ1) is 17.3. The molecule has 9 nitrogen and oxygen atoms in total. The van der Waals surface area contributed by atoms with E-state index in [0.717, 1.165) is 62.9 Å². The summed E-state index contributed by atoms with van der Waals surface area (Å²) in [6.07, 6.45) is 3.18. The fourth-order valence-corrected chi connectivity index (χ4v) is 5.60. The third-order valence-corrected chi connectivity index (χ3v) is 7.29. The van der Waals surface area contributed by atoms with Crippen LogP contribution < -0.4 is 4.90 Å². The smallest absolute Gasteiger partial charge is 0.157 e. The van der Waals surface area contributed by atoms with E-state index >= 15 is 0 Å². The lowest BCUT2D eigenvalue weighted by atomic mass is 9.97. The Kier molecular flexibility index (Phi) is 3.92. The van der Waals surface area contributed by atoms with Crippen molar-refractivity contribution in [1.82, 2.24) is 29.5 Å². The standard InChI is InChI=1S/C25H20FN7O2/c26-16-2-1-14-19-17(3-4-27-22(16)19)33-23-20(14)18(32-5-7-34-8-6-32)9-15(24-28-12-29-31-24)21(23)30-25(33)13-10-35-11-13/h1-4,9,12-13H,5-8,10-11H2,(H,28,29,31). The van der Waals surface area contributed by atoms with E-state index in [0.29, 0.717) is 37.8 Å². The van der Waals surface area contributed by atoms with E-state index in [1.807, 2.05) is 12.1 Å². The van der Waals surface area contributed by atoms with E-state index in [4.69, 9.17) is 14.5 Å². The van der Waals surface area contributed by atoms with Gasteiger partial charge >= 0.3 is 0 Å². The molecule has 0 atom stereocenters. The number of aromatic nitrogens is 6. The molecule has 4 aromatic heterocycles. The molecule has 2 aliphatic heterocycles. The van der Waals surface area contributed by atoms with Gasteiger partial charge in [-0.2, -0.15) is 5.10 Å². The van der Waals surface area contributed by atoms with Gasteiger partial charge in [0.15, 0.2) is 5.82 Å². The molecule has 174 valence electrons. The number of nitrogens with zero attached hydrogens (tertiary/aromatic N) is 6. The highest BCUT2D eigenvalue weighted by Gasteiger charge is 2.32. The molecule has 2 aromatic carbocycles. The Bertz CT molecular complexity index is 1740. The molecule has 2 saturated heterocycles. The van der Waals surface area contributed by atoms with E-state index in [2.05, 4.69) is 35.5 Å². The van der Waals surface area contributed by atoms with Gasteiger partial charge < -0.3 is 14.4 Å². The van der Waals surface area contributed by atoms with E-state index in [1.165, 1.54) is 12.4 Å². The molecular formula is C25H20FN7O2. The molecule has 2 fully saturated rings. The number of hydrogen-bond acceptors (Lipinski definition) is 7. The molecule has 0 bridgehead atoms. The maximum Gasteiger partial charge on any atom is 0.157 e. The highest BCUT2D eigenvalue weighted by atomic mass is 19.1. The van der Waals surface area contributed by atoms with Crippen LogP contribution in [0.5, 0.6) is 0 Å². The molecule has 0 spiro atoms. The number of hydrogen-bond donors (Lipinski definition) is 1. The summed E-state index contributed by atoms with van der Waals surface area (Å²) in [6, 6.07) is 7.48. The zero-order valence-corrected chi connectivity index (χ0v) is 18.7. The molecule has 0 aliphatic carbocycles. The zero-order valence-electron chi connectivity index (χ0n) is 18.7. The number of nitrogens with one attached hydrogen (secondary N) is 1. The van der Waals surface area contributed by atoms with Crippen LogP contribution in [0, 0.1) is 5.82 Å². The van der Waals surface area contributed by atoms with E-state index in [9.17, 15) is 4.39 Å². The highest BCUT2D eigenvalue weighted by molar-refractivity contribution is 6.26. The SMILES string of the molecule is Fc1ccc2c3c(N4CCOCC4)cc(-c4ncn[nH]4)c4nc(C5COC5)n(c5ccnc1c25)c43. The Labute approximate surface area is 197 Å². The van der Waals surface area contributed by atoms with Crippen molar-refractivity contribution in [3.05, 3.63) is 48.4 Å². The maximum absolute atomic E-state index is 15.0. The summed E-state index contributed by atoms with van der Waals surface area (Å²) in [5, 5.41) is 9.93. The van der Waals surface area contributed by atoms with Crippen LogP contribution in [-0.2, 0) is 9.47 Å². The number of rotatable bonds is 3. The van der Waals surface area contributed by atoms with Crippen molar-refractivity contribution >= 4 is 43.9 Å². The molecule has 10 heteroatoms. The van der Waals surface area contributed by atoms with Crippen LogP contribution in [-0.4, -0.2) is 69.1 Å². The first-order valence-corrected chi connectivity index (χ1v) is 11.7. The molecule has 6 aromatic rings. The number of anilines is 1. The van der Waals surface area contributed by atoms with Gasteiger partial charge in [-0.05, 0) is 23.6 Å². The summed E-state index contributed by atoms with van der Waals surface area (Å²) < 4.78 is 28.4. The van der Waals surface area contributed by atoms with Gasteiger partial charge in [0.1, 0.15) is 29.0 Å². The predicted octanol–water partition coefficient (Wildman–Crippen LogP) is 3.50. The second-order valence-electron chi connectivity index (χ2n) is 9.14. The first-order valence-electron chi connectivity index (χ1n) is 11.7. The van der Waals surface area contributed by atoms with Crippen molar-refractivity contribution in [1.29, 1.82) is 0 Å². The third kappa shape index (κ3) is 2.58.